The Kier molecular flexibility index (Phi) is 5.09. The zero-order valence-electron chi connectivity index (χ0n) is 17.1. The molecule has 4 rings (SSSR count). The Morgan fingerprint density at radius 3 is 2.66 bits per heavy atom. The van der Waals surface area contributed by atoms with Gasteiger partial charge in [0.2, 0.25) is 0 Å². The van der Waals surface area contributed by atoms with Crippen LogP contribution in [0, 0.1) is 0 Å². The second-order valence-electron chi connectivity index (χ2n) is 7.70. The smallest absolute Gasteiger partial charge is 0.261 e. The summed E-state index contributed by atoms with van der Waals surface area (Å²) in [5.41, 5.74) is 2.93. The molecule has 2 aromatic carbocycles. The average Bonchev–Trinajstić information content (AvgIpc) is 3.18. The number of benzene rings is 2. The molecule has 0 radical (unpaired) electrons. The summed E-state index contributed by atoms with van der Waals surface area (Å²) in [6.07, 6.45) is 1.74. The van der Waals surface area contributed by atoms with Gasteiger partial charge in [0.1, 0.15) is 5.82 Å². The quantitative estimate of drug-likeness (QED) is 0.719. The number of aryl methyl sites for hydroxylation is 1. The zero-order valence-corrected chi connectivity index (χ0v) is 17.1. The Hall–Kier alpha value is -3.15. The number of hydrogen-bond acceptors (Lipinski definition) is 4. The normalized spacial score (nSPS) is 13.0. The van der Waals surface area contributed by atoms with Gasteiger partial charge in [0.05, 0.1) is 10.9 Å². The first kappa shape index (κ1) is 19.2. The summed E-state index contributed by atoms with van der Waals surface area (Å²) in [5, 5.41) is 3.49. The number of rotatable bonds is 5. The monoisotopic (exact) mass is 390 g/mol. The molecule has 1 aliphatic rings. The summed E-state index contributed by atoms with van der Waals surface area (Å²) in [4.78, 5) is 32.2. The van der Waals surface area contributed by atoms with Gasteiger partial charge in [-0.15, -0.1) is 0 Å². The minimum absolute atomic E-state index is 0.0179. The van der Waals surface area contributed by atoms with Gasteiger partial charge in [-0.2, -0.15) is 0 Å². The van der Waals surface area contributed by atoms with Crippen LogP contribution in [-0.2, 0) is 13.0 Å². The number of nitrogens with one attached hydrogen (secondary N) is 1. The highest BCUT2D eigenvalue weighted by Gasteiger charge is 2.17. The summed E-state index contributed by atoms with van der Waals surface area (Å²) in [7, 11) is 0. The van der Waals surface area contributed by atoms with Crippen LogP contribution in [-0.4, -0.2) is 28.0 Å². The molecule has 0 fully saturated rings. The molecule has 1 aliphatic heterocycles. The minimum Gasteiger partial charge on any atom is -0.369 e. The molecule has 29 heavy (non-hydrogen) atoms. The number of amides is 1. The highest BCUT2D eigenvalue weighted by atomic mass is 16.1. The predicted octanol–water partition coefficient (Wildman–Crippen LogP) is 3.83. The molecular formula is C23H26N4O2. The average molecular weight is 390 g/mol. The van der Waals surface area contributed by atoms with Gasteiger partial charge in [0.15, 0.2) is 0 Å². The SMILES string of the molecule is CCN(c1ccc(NC(=O)c2ccc3c(=O)n4c(nc3c2)CCC4)cc1)C(C)C. The molecule has 3 aromatic rings. The van der Waals surface area contributed by atoms with Crippen molar-refractivity contribution in [1.29, 1.82) is 0 Å². The van der Waals surface area contributed by atoms with E-state index in [-0.39, 0.29) is 11.5 Å². The van der Waals surface area contributed by atoms with Crippen molar-refractivity contribution in [3.63, 3.8) is 0 Å². The van der Waals surface area contributed by atoms with E-state index in [4.69, 9.17) is 0 Å². The standard InChI is InChI=1S/C23H26N4O2/c1-4-26(15(2)3)18-10-8-17(9-11-18)24-22(28)16-7-12-19-20(14-16)25-21-6-5-13-27(21)23(19)29/h7-12,14-15H,4-6,13H2,1-3H3,(H,24,28). The molecule has 0 aliphatic carbocycles. The van der Waals surface area contributed by atoms with E-state index in [1.54, 1.807) is 22.8 Å². The van der Waals surface area contributed by atoms with Crippen LogP contribution in [0.5, 0.6) is 0 Å². The van der Waals surface area contributed by atoms with Crippen LogP contribution in [0.25, 0.3) is 10.9 Å². The van der Waals surface area contributed by atoms with Gasteiger partial charge in [0, 0.05) is 42.5 Å². The van der Waals surface area contributed by atoms with E-state index in [2.05, 4.69) is 36.0 Å². The molecule has 0 saturated carbocycles. The van der Waals surface area contributed by atoms with Crippen LogP contribution < -0.4 is 15.8 Å². The van der Waals surface area contributed by atoms with Crippen molar-refractivity contribution in [2.45, 2.75) is 46.2 Å². The molecule has 2 heterocycles. The largest absolute Gasteiger partial charge is 0.369 e. The van der Waals surface area contributed by atoms with Gasteiger partial charge < -0.3 is 10.2 Å². The fourth-order valence-corrected chi connectivity index (χ4v) is 4.01. The van der Waals surface area contributed by atoms with Crippen molar-refractivity contribution >= 4 is 28.2 Å². The molecule has 6 heteroatoms. The van der Waals surface area contributed by atoms with Crippen LogP contribution >= 0.6 is 0 Å². The van der Waals surface area contributed by atoms with Crippen LogP contribution in [0.3, 0.4) is 0 Å². The molecule has 150 valence electrons. The Balaban J connectivity index is 1.56. The fourth-order valence-electron chi connectivity index (χ4n) is 4.01. The molecule has 0 unspecified atom stereocenters. The first-order valence-electron chi connectivity index (χ1n) is 10.2. The summed E-state index contributed by atoms with van der Waals surface area (Å²) >= 11 is 0. The Labute approximate surface area is 170 Å². The number of carbonyl (C=O) groups is 1. The van der Waals surface area contributed by atoms with Crippen LogP contribution in [0.2, 0.25) is 0 Å². The van der Waals surface area contributed by atoms with Crippen molar-refractivity contribution in [1.82, 2.24) is 9.55 Å². The molecule has 1 amide bonds. The molecule has 1 aromatic heterocycles. The lowest BCUT2D eigenvalue weighted by molar-refractivity contribution is 0.102. The van der Waals surface area contributed by atoms with E-state index in [1.165, 1.54) is 0 Å². The zero-order chi connectivity index (χ0) is 20.5. The predicted molar refractivity (Wildman–Crippen MR) is 117 cm³/mol. The second kappa shape index (κ2) is 7.70. The maximum atomic E-state index is 12.7. The van der Waals surface area contributed by atoms with Gasteiger partial charge in [0.25, 0.3) is 11.5 Å². The Bertz CT molecular complexity index is 1120. The van der Waals surface area contributed by atoms with E-state index >= 15 is 0 Å². The third-order valence-electron chi connectivity index (χ3n) is 5.50. The summed E-state index contributed by atoms with van der Waals surface area (Å²) in [6.45, 7) is 8.10. The van der Waals surface area contributed by atoms with Crippen LogP contribution in [0.4, 0.5) is 11.4 Å². The molecule has 0 spiro atoms. The van der Waals surface area contributed by atoms with E-state index in [9.17, 15) is 9.59 Å². The van der Waals surface area contributed by atoms with Crippen molar-refractivity contribution in [2.75, 3.05) is 16.8 Å². The maximum absolute atomic E-state index is 12.7. The van der Waals surface area contributed by atoms with E-state index in [1.807, 2.05) is 24.3 Å². The van der Waals surface area contributed by atoms with Gasteiger partial charge in [-0.05, 0) is 69.7 Å². The minimum atomic E-state index is -0.210. The van der Waals surface area contributed by atoms with Crippen LogP contribution in [0.15, 0.2) is 47.3 Å². The lowest BCUT2D eigenvalue weighted by Gasteiger charge is -2.27. The molecule has 1 N–H and O–H groups in total. The summed E-state index contributed by atoms with van der Waals surface area (Å²) < 4.78 is 1.74. The molecule has 0 saturated heterocycles. The van der Waals surface area contributed by atoms with E-state index in [0.29, 0.717) is 22.5 Å². The highest BCUT2D eigenvalue weighted by molar-refractivity contribution is 6.06. The molecule has 0 bridgehead atoms. The maximum Gasteiger partial charge on any atom is 0.261 e. The van der Waals surface area contributed by atoms with Crippen molar-refractivity contribution in [2.24, 2.45) is 0 Å². The first-order valence-corrected chi connectivity index (χ1v) is 10.2. The number of nitrogens with zero attached hydrogens (tertiary/aromatic N) is 3. The molecular weight excluding hydrogens is 364 g/mol. The first-order chi connectivity index (χ1) is 14.0. The third-order valence-corrected chi connectivity index (χ3v) is 5.50. The highest BCUT2D eigenvalue weighted by Crippen LogP contribution is 2.21. The lowest BCUT2D eigenvalue weighted by atomic mass is 10.1. The van der Waals surface area contributed by atoms with Crippen molar-refractivity contribution < 1.29 is 4.79 Å². The number of aromatic nitrogens is 2. The van der Waals surface area contributed by atoms with Crippen molar-refractivity contribution in [3.05, 3.63) is 64.2 Å². The fraction of sp³-hybridized carbons (Fsp3) is 0.348. The molecule has 6 nitrogen and oxygen atoms in total. The summed E-state index contributed by atoms with van der Waals surface area (Å²) in [5.74, 6) is 0.597. The Morgan fingerprint density at radius 2 is 1.97 bits per heavy atom. The van der Waals surface area contributed by atoms with E-state index in [0.717, 1.165) is 43.1 Å². The Morgan fingerprint density at radius 1 is 1.21 bits per heavy atom. The van der Waals surface area contributed by atoms with Crippen molar-refractivity contribution in [3.8, 4) is 0 Å². The topological polar surface area (TPSA) is 67.2 Å². The lowest BCUT2D eigenvalue weighted by Crippen LogP contribution is -2.30. The van der Waals surface area contributed by atoms with E-state index < -0.39 is 0 Å². The molecule has 0 atom stereocenters. The number of hydrogen-bond donors (Lipinski definition) is 1. The number of carbonyl (C=O) groups excluding carboxylic acids is 1. The van der Waals surface area contributed by atoms with Gasteiger partial charge in [-0.1, -0.05) is 0 Å². The van der Waals surface area contributed by atoms with Gasteiger partial charge in [-0.25, -0.2) is 4.98 Å². The van der Waals surface area contributed by atoms with Gasteiger partial charge in [-0.3, -0.25) is 14.2 Å². The summed E-state index contributed by atoms with van der Waals surface area (Å²) in [6, 6.07) is 13.4. The van der Waals surface area contributed by atoms with Gasteiger partial charge >= 0.3 is 0 Å². The second-order valence-corrected chi connectivity index (χ2v) is 7.70. The van der Waals surface area contributed by atoms with Crippen LogP contribution in [0.1, 0.15) is 43.4 Å². The third kappa shape index (κ3) is 3.62. The number of anilines is 2. The number of fused-ring (bicyclic) bond motifs is 2.